The van der Waals surface area contributed by atoms with Crippen LogP contribution in [0.1, 0.15) is 41.8 Å². The summed E-state index contributed by atoms with van der Waals surface area (Å²) in [4.78, 5) is 12.3. The van der Waals surface area contributed by atoms with Crippen molar-refractivity contribution in [2.45, 2.75) is 25.9 Å². The van der Waals surface area contributed by atoms with Gasteiger partial charge in [0.25, 0.3) is 5.91 Å². The maximum absolute atomic E-state index is 12.3. The van der Waals surface area contributed by atoms with Crippen molar-refractivity contribution in [1.29, 1.82) is 0 Å². The van der Waals surface area contributed by atoms with Gasteiger partial charge in [0.1, 0.15) is 5.75 Å². The van der Waals surface area contributed by atoms with Crippen LogP contribution in [0.2, 0.25) is 0 Å². The second kappa shape index (κ2) is 8.83. The fourth-order valence-electron chi connectivity index (χ4n) is 2.69. The molecule has 0 aliphatic carbocycles. The van der Waals surface area contributed by atoms with E-state index in [4.69, 9.17) is 4.74 Å². The largest absolute Gasteiger partial charge is 0.494 e. The molecular formula is C21H23NO3S. The van der Waals surface area contributed by atoms with Crippen LogP contribution in [-0.2, 0) is 0 Å². The summed E-state index contributed by atoms with van der Waals surface area (Å²) in [7, 11) is 0. The van der Waals surface area contributed by atoms with E-state index in [0.717, 1.165) is 34.2 Å². The number of hydrogen-bond acceptors (Lipinski definition) is 4. The molecule has 0 bridgehead atoms. The number of carbonyl (C=O) groups excluding carboxylic acids is 1. The molecular weight excluding hydrogens is 346 g/mol. The Kier molecular flexibility index (Phi) is 6.26. The van der Waals surface area contributed by atoms with Crippen LogP contribution < -0.4 is 10.1 Å². The number of amides is 1. The summed E-state index contributed by atoms with van der Waals surface area (Å²) < 4.78 is 6.73. The highest BCUT2D eigenvalue weighted by Gasteiger charge is 2.14. The number of aliphatic hydroxyl groups is 1. The van der Waals surface area contributed by atoms with Crippen molar-refractivity contribution in [1.82, 2.24) is 5.32 Å². The molecule has 5 heteroatoms. The summed E-state index contributed by atoms with van der Waals surface area (Å²) in [6.45, 7) is 2.97. The van der Waals surface area contributed by atoms with Gasteiger partial charge in [-0.15, -0.1) is 11.3 Å². The minimum atomic E-state index is -0.730. The lowest BCUT2D eigenvalue weighted by molar-refractivity contribution is 0.0917. The van der Waals surface area contributed by atoms with E-state index in [-0.39, 0.29) is 12.5 Å². The number of carbonyl (C=O) groups is 1. The molecule has 3 aromatic rings. The summed E-state index contributed by atoms with van der Waals surface area (Å²) >= 11 is 1.60. The highest BCUT2D eigenvalue weighted by Crippen LogP contribution is 2.29. The van der Waals surface area contributed by atoms with Gasteiger partial charge in [0.15, 0.2) is 0 Å². The molecule has 0 saturated carbocycles. The van der Waals surface area contributed by atoms with E-state index in [1.54, 1.807) is 35.6 Å². The first kappa shape index (κ1) is 18.4. The van der Waals surface area contributed by atoms with Gasteiger partial charge in [0, 0.05) is 22.4 Å². The van der Waals surface area contributed by atoms with Gasteiger partial charge in [-0.05, 0) is 47.5 Å². The number of unbranched alkanes of at least 4 members (excludes halogenated alkanes) is 1. The summed E-state index contributed by atoms with van der Waals surface area (Å²) in [6, 6.07) is 15.0. The van der Waals surface area contributed by atoms with Crippen molar-refractivity contribution in [2.24, 2.45) is 0 Å². The van der Waals surface area contributed by atoms with Crippen molar-refractivity contribution in [3.05, 3.63) is 65.0 Å². The number of benzene rings is 2. The zero-order valence-electron chi connectivity index (χ0n) is 14.8. The molecule has 2 aromatic carbocycles. The third kappa shape index (κ3) is 4.42. The molecule has 0 aliphatic rings. The topological polar surface area (TPSA) is 58.6 Å². The Bertz CT molecular complexity index is 857. The second-order valence-corrected chi connectivity index (χ2v) is 7.05. The van der Waals surface area contributed by atoms with Crippen LogP contribution in [-0.4, -0.2) is 24.2 Å². The maximum atomic E-state index is 12.3. The molecule has 3 rings (SSSR count). The molecule has 0 radical (unpaired) electrons. The van der Waals surface area contributed by atoms with Crippen molar-refractivity contribution >= 4 is 27.3 Å². The number of hydrogen-bond donors (Lipinski definition) is 2. The zero-order chi connectivity index (χ0) is 18.4. The molecule has 0 fully saturated rings. The van der Waals surface area contributed by atoms with Crippen molar-refractivity contribution < 1.29 is 14.6 Å². The van der Waals surface area contributed by atoms with Crippen molar-refractivity contribution in [2.75, 3.05) is 13.2 Å². The molecule has 0 spiro atoms. The van der Waals surface area contributed by atoms with Gasteiger partial charge in [-0.25, -0.2) is 0 Å². The normalized spacial score (nSPS) is 12.1. The van der Waals surface area contributed by atoms with Gasteiger partial charge < -0.3 is 15.2 Å². The Labute approximate surface area is 157 Å². The molecule has 1 amide bonds. The van der Waals surface area contributed by atoms with Gasteiger partial charge in [0.05, 0.1) is 12.7 Å². The standard InChI is InChI=1S/C21H23NO3S/c1-2-3-12-25-16-10-8-15(9-11-16)21(24)22-13-19(23)18-14-26-20-7-5-4-6-17(18)20/h4-11,14,19,23H,2-3,12-13H2,1H3,(H,22,24)/t19-/m0/s1. The molecule has 1 heterocycles. The molecule has 0 saturated heterocycles. The summed E-state index contributed by atoms with van der Waals surface area (Å²) in [5.74, 6) is 0.559. The van der Waals surface area contributed by atoms with E-state index in [2.05, 4.69) is 12.2 Å². The van der Waals surface area contributed by atoms with Crippen LogP contribution in [0.15, 0.2) is 53.9 Å². The van der Waals surface area contributed by atoms with Gasteiger partial charge in [-0.2, -0.15) is 0 Å². The Morgan fingerprint density at radius 2 is 1.96 bits per heavy atom. The smallest absolute Gasteiger partial charge is 0.251 e. The van der Waals surface area contributed by atoms with E-state index in [1.807, 2.05) is 29.6 Å². The van der Waals surface area contributed by atoms with Crippen LogP contribution in [0.3, 0.4) is 0 Å². The van der Waals surface area contributed by atoms with Gasteiger partial charge in [-0.1, -0.05) is 31.5 Å². The van der Waals surface area contributed by atoms with Crippen molar-refractivity contribution in [3.63, 3.8) is 0 Å². The van der Waals surface area contributed by atoms with E-state index >= 15 is 0 Å². The third-order valence-corrected chi connectivity index (χ3v) is 5.19. The summed E-state index contributed by atoms with van der Waals surface area (Å²) in [5, 5.41) is 16.2. The number of aliphatic hydroxyl groups excluding tert-OH is 1. The van der Waals surface area contributed by atoms with E-state index < -0.39 is 6.10 Å². The number of rotatable bonds is 8. The molecule has 2 N–H and O–H groups in total. The molecule has 4 nitrogen and oxygen atoms in total. The first-order valence-corrected chi connectivity index (χ1v) is 9.72. The Morgan fingerprint density at radius 1 is 1.19 bits per heavy atom. The minimum Gasteiger partial charge on any atom is -0.494 e. The fourth-order valence-corrected chi connectivity index (χ4v) is 3.70. The van der Waals surface area contributed by atoms with Gasteiger partial charge in [-0.3, -0.25) is 4.79 Å². The summed E-state index contributed by atoms with van der Waals surface area (Å²) in [5.41, 5.74) is 1.40. The highest BCUT2D eigenvalue weighted by molar-refractivity contribution is 7.17. The predicted octanol–water partition coefficient (Wildman–Crippen LogP) is 4.54. The fraction of sp³-hybridized carbons (Fsp3) is 0.286. The Hall–Kier alpha value is -2.37. The first-order chi connectivity index (χ1) is 12.7. The highest BCUT2D eigenvalue weighted by atomic mass is 32.1. The molecule has 26 heavy (non-hydrogen) atoms. The predicted molar refractivity (Wildman–Crippen MR) is 106 cm³/mol. The lowest BCUT2D eigenvalue weighted by Crippen LogP contribution is -2.28. The lowest BCUT2D eigenvalue weighted by Gasteiger charge is -2.12. The third-order valence-electron chi connectivity index (χ3n) is 4.21. The minimum absolute atomic E-state index is 0.175. The van der Waals surface area contributed by atoms with Crippen LogP contribution in [0, 0.1) is 0 Å². The van der Waals surface area contributed by atoms with Gasteiger partial charge in [0.2, 0.25) is 0 Å². The van der Waals surface area contributed by atoms with Crippen LogP contribution >= 0.6 is 11.3 Å². The van der Waals surface area contributed by atoms with Crippen molar-refractivity contribution in [3.8, 4) is 5.75 Å². The van der Waals surface area contributed by atoms with E-state index in [0.29, 0.717) is 12.2 Å². The second-order valence-electron chi connectivity index (χ2n) is 6.14. The zero-order valence-corrected chi connectivity index (χ0v) is 15.6. The molecule has 1 aromatic heterocycles. The SMILES string of the molecule is CCCCOc1ccc(C(=O)NC[C@H](O)c2csc3ccccc23)cc1. The molecule has 1 atom stereocenters. The van der Waals surface area contributed by atoms with E-state index in [1.165, 1.54) is 0 Å². The Balaban J connectivity index is 1.56. The maximum Gasteiger partial charge on any atom is 0.251 e. The van der Waals surface area contributed by atoms with Crippen LogP contribution in [0.5, 0.6) is 5.75 Å². The average Bonchev–Trinajstić information content (AvgIpc) is 3.11. The first-order valence-electron chi connectivity index (χ1n) is 8.84. The average molecular weight is 369 g/mol. The number of thiophene rings is 1. The van der Waals surface area contributed by atoms with Crippen LogP contribution in [0.25, 0.3) is 10.1 Å². The molecule has 0 unspecified atom stereocenters. The molecule has 0 aliphatic heterocycles. The number of ether oxygens (including phenoxy) is 1. The summed E-state index contributed by atoms with van der Waals surface area (Å²) in [6.07, 6.45) is 1.37. The Morgan fingerprint density at radius 3 is 2.73 bits per heavy atom. The van der Waals surface area contributed by atoms with Crippen LogP contribution in [0.4, 0.5) is 0 Å². The molecule has 136 valence electrons. The lowest BCUT2D eigenvalue weighted by atomic mass is 10.1. The monoisotopic (exact) mass is 369 g/mol. The quantitative estimate of drug-likeness (QED) is 0.573. The number of nitrogens with one attached hydrogen (secondary N) is 1. The van der Waals surface area contributed by atoms with E-state index in [9.17, 15) is 9.90 Å². The number of fused-ring (bicyclic) bond motifs is 1. The van der Waals surface area contributed by atoms with Gasteiger partial charge >= 0.3 is 0 Å².